The first-order valence-electron chi connectivity index (χ1n) is 20.2. The Hall–Kier alpha value is -5.66. The van der Waals surface area contributed by atoms with Gasteiger partial charge < -0.3 is 4.90 Å². The average molecular weight is 692 g/mol. The van der Waals surface area contributed by atoms with Crippen molar-refractivity contribution < 1.29 is 0 Å². The van der Waals surface area contributed by atoms with E-state index < -0.39 is 0 Å². The third-order valence-electron chi connectivity index (χ3n) is 15.3. The summed E-state index contributed by atoms with van der Waals surface area (Å²) < 4.78 is 0. The summed E-state index contributed by atoms with van der Waals surface area (Å²) in [5, 5.41) is 7.71. The molecule has 5 aliphatic carbocycles. The van der Waals surface area contributed by atoms with Crippen LogP contribution in [0.25, 0.3) is 54.6 Å². The molecular formula is C53H41N. The van der Waals surface area contributed by atoms with E-state index in [0.717, 1.165) is 23.7 Å². The summed E-state index contributed by atoms with van der Waals surface area (Å²) >= 11 is 0. The second-order valence-corrected chi connectivity index (χ2v) is 17.4. The van der Waals surface area contributed by atoms with Gasteiger partial charge in [-0.25, -0.2) is 0 Å². The highest BCUT2D eigenvalue weighted by molar-refractivity contribution is 6.08. The molecule has 8 aromatic rings. The van der Waals surface area contributed by atoms with Gasteiger partial charge in [0.25, 0.3) is 0 Å². The van der Waals surface area contributed by atoms with Crippen molar-refractivity contribution in [2.75, 3.05) is 4.90 Å². The summed E-state index contributed by atoms with van der Waals surface area (Å²) in [6.45, 7) is 0. The van der Waals surface area contributed by atoms with Crippen LogP contribution in [0.1, 0.15) is 43.2 Å². The van der Waals surface area contributed by atoms with Gasteiger partial charge >= 0.3 is 0 Å². The average Bonchev–Trinajstić information content (AvgIpc) is 3.68. The van der Waals surface area contributed by atoms with Gasteiger partial charge in [0.1, 0.15) is 0 Å². The lowest BCUT2D eigenvalue weighted by molar-refractivity contribution is -0.0193. The maximum atomic E-state index is 2.58. The van der Waals surface area contributed by atoms with E-state index in [1.165, 1.54) is 104 Å². The van der Waals surface area contributed by atoms with Gasteiger partial charge in [0, 0.05) is 22.2 Å². The molecule has 0 radical (unpaired) electrons. The lowest BCUT2D eigenvalue weighted by atomic mass is 9.49. The number of hydrogen-bond acceptors (Lipinski definition) is 1. The minimum atomic E-state index is 0.189. The molecule has 0 aliphatic heterocycles. The number of rotatable bonds is 4. The Morgan fingerprint density at radius 2 is 1.13 bits per heavy atom. The predicted octanol–water partition coefficient (Wildman–Crippen LogP) is 14.0. The molecule has 3 bridgehead atoms. The largest absolute Gasteiger partial charge is 0.310 e. The van der Waals surface area contributed by atoms with Crippen molar-refractivity contribution >= 4 is 49.4 Å². The van der Waals surface area contributed by atoms with Crippen molar-refractivity contribution in [3.8, 4) is 22.3 Å². The molecule has 6 unspecified atom stereocenters. The van der Waals surface area contributed by atoms with Crippen LogP contribution in [-0.4, -0.2) is 0 Å². The third kappa shape index (κ3) is 3.71. The Kier molecular flexibility index (Phi) is 5.79. The van der Waals surface area contributed by atoms with Crippen molar-refractivity contribution in [1.82, 2.24) is 0 Å². The Labute approximate surface area is 316 Å². The van der Waals surface area contributed by atoms with Crippen LogP contribution >= 0.6 is 0 Å². The molecular weight excluding hydrogens is 651 g/mol. The molecule has 54 heavy (non-hydrogen) atoms. The molecule has 5 aliphatic rings. The zero-order valence-electron chi connectivity index (χ0n) is 30.4. The molecule has 0 saturated heterocycles. The SMILES string of the molecule is c1ccc2c(c1)-c1cc(N(c3ccc(-c4ccc5c(ccc6ccccc65)c4)cc3)c3cccc4ccccc34)ccc1C21C2CC3CC4CC1C4(C3)C2. The second kappa shape index (κ2) is 10.5. The van der Waals surface area contributed by atoms with E-state index in [1.807, 2.05) is 0 Å². The van der Waals surface area contributed by atoms with Gasteiger partial charge in [-0.05, 0) is 158 Å². The molecule has 0 heterocycles. The van der Waals surface area contributed by atoms with E-state index in [0.29, 0.717) is 5.41 Å². The first-order valence-corrected chi connectivity index (χ1v) is 20.2. The number of hydrogen-bond donors (Lipinski definition) is 0. The monoisotopic (exact) mass is 691 g/mol. The minimum Gasteiger partial charge on any atom is -0.310 e. The smallest absolute Gasteiger partial charge is 0.0540 e. The van der Waals surface area contributed by atoms with Crippen molar-refractivity contribution in [2.24, 2.45) is 29.1 Å². The van der Waals surface area contributed by atoms with E-state index in [9.17, 15) is 0 Å². The topological polar surface area (TPSA) is 3.24 Å². The van der Waals surface area contributed by atoms with Crippen molar-refractivity contribution in [3.05, 3.63) is 175 Å². The highest BCUT2D eigenvalue weighted by Crippen LogP contribution is 2.83. The Morgan fingerprint density at radius 3 is 2.04 bits per heavy atom. The summed E-state index contributed by atoms with van der Waals surface area (Å²) in [6, 6.07) is 62.2. The van der Waals surface area contributed by atoms with E-state index in [2.05, 4.69) is 169 Å². The van der Waals surface area contributed by atoms with Crippen molar-refractivity contribution in [1.29, 1.82) is 0 Å². The van der Waals surface area contributed by atoms with Gasteiger partial charge in [0.2, 0.25) is 0 Å². The minimum absolute atomic E-state index is 0.189. The van der Waals surface area contributed by atoms with E-state index >= 15 is 0 Å². The zero-order valence-corrected chi connectivity index (χ0v) is 30.4. The third-order valence-corrected chi connectivity index (χ3v) is 15.3. The molecule has 4 fully saturated rings. The highest BCUT2D eigenvalue weighted by atomic mass is 15.1. The van der Waals surface area contributed by atoms with Crippen molar-refractivity contribution in [3.63, 3.8) is 0 Å². The molecule has 0 aromatic heterocycles. The van der Waals surface area contributed by atoms with Gasteiger partial charge in [-0.2, -0.15) is 0 Å². The summed E-state index contributed by atoms with van der Waals surface area (Å²) in [4.78, 5) is 2.51. The van der Waals surface area contributed by atoms with Crippen LogP contribution in [0, 0.1) is 29.1 Å². The molecule has 13 rings (SSSR count). The fourth-order valence-corrected chi connectivity index (χ4v) is 13.4. The van der Waals surface area contributed by atoms with Crippen LogP contribution in [0.5, 0.6) is 0 Å². The molecule has 1 nitrogen and oxygen atoms in total. The molecule has 0 N–H and O–H groups in total. The molecule has 6 atom stereocenters. The van der Waals surface area contributed by atoms with Gasteiger partial charge in [-0.3, -0.25) is 0 Å². The Balaban J connectivity index is 0.961. The Morgan fingerprint density at radius 1 is 0.444 bits per heavy atom. The van der Waals surface area contributed by atoms with Crippen LogP contribution in [0.15, 0.2) is 164 Å². The predicted molar refractivity (Wildman–Crippen MR) is 225 cm³/mol. The van der Waals surface area contributed by atoms with E-state index in [4.69, 9.17) is 0 Å². The maximum Gasteiger partial charge on any atom is 0.0540 e. The molecule has 4 saturated carbocycles. The highest BCUT2D eigenvalue weighted by Gasteiger charge is 2.76. The van der Waals surface area contributed by atoms with Crippen LogP contribution in [0.4, 0.5) is 17.1 Å². The summed E-state index contributed by atoms with van der Waals surface area (Å²) in [5.74, 6) is 3.51. The van der Waals surface area contributed by atoms with Crippen LogP contribution in [0.2, 0.25) is 0 Å². The van der Waals surface area contributed by atoms with Gasteiger partial charge in [-0.15, -0.1) is 0 Å². The molecule has 258 valence electrons. The summed E-state index contributed by atoms with van der Waals surface area (Å²) in [5.41, 5.74) is 13.1. The number of nitrogens with zero attached hydrogens (tertiary/aromatic N) is 1. The number of anilines is 3. The molecule has 8 aromatic carbocycles. The fourth-order valence-electron chi connectivity index (χ4n) is 13.4. The fraction of sp³-hybridized carbons (Fsp3) is 0.208. The van der Waals surface area contributed by atoms with Crippen LogP contribution < -0.4 is 4.90 Å². The van der Waals surface area contributed by atoms with Gasteiger partial charge in [-0.1, -0.05) is 127 Å². The van der Waals surface area contributed by atoms with Gasteiger partial charge in [0.05, 0.1) is 5.69 Å². The standard InChI is InChI=1S/C53H41N/c1-3-11-43-36(9-1)16-17-38-28-37(20-24-44(38)43)34-18-21-41(22-19-34)54(50-15-7-10-35-8-2-4-12-45(35)50)42-23-25-49-47(30-42)46-13-5-6-14-48(46)53(49)40-27-33-26-39-29-51(53)52(39,31-33)32-40/h1-25,28,30,33,39-40,51H,26-27,29,31-32H2. The van der Waals surface area contributed by atoms with Gasteiger partial charge in [0.15, 0.2) is 0 Å². The molecule has 0 amide bonds. The Bertz CT molecular complexity index is 2860. The first-order chi connectivity index (χ1) is 26.7. The summed E-state index contributed by atoms with van der Waals surface area (Å²) in [6.07, 6.45) is 7.32. The van der Waals surface area contributed by atoms with E-state index in [1.54, 1.807) is 11.1 Å². The first kappa shape index (κ1) is 29.8. The number of fused-ring (bicyclic) bond motifs is 13. The van der Waals surface area contributed by atoms with Crippen molar-refractivity contribution in [2.45, 2.75) is 37.5 Å². The lowest BCUT2D eigenvalue weighted by Crippen LogP contribution is -2.50. The number of benzene rings is 8. The quantitative estimate of drug-likeness (QED) is 0.166. The molecule has 1 heteroatoms. The summed E-state index contributed by atoms with van der Waals surface area (Å²) in [7, 11) is 0. The van der Waals surface area contributed by atoms with Crippen LogP contribution in [-0.2, 0) is 5.41 Å². The zero-order chi connectivity index (χ0) is 35.2. The lowest BCUT2D eigenvalue weighted by Gasteiger charge is -2.54. The van der Waals surface area contributed by atoms with E-state index in [-0.39, 0.29) is 5.41 Å². The maximum absolute atomic E-state index is 2.58. The van der Waals surface area contributed by atoms with Crippen LogP contribution in [0.3, 0.4) is 0 Å². The second-order valence-electron chi connectivity index (χ2n) is 17.4. The molecule has 2 spiro atoms. The normalized spacial score (nSPS) is 26.7.